The Labute approximate surface area is 128 Å². The summed E-state index contributed by atoms with van der Waals surface area (Å²) in [6.07, 6.45) is 5.52. The molecule has 0 radical (unpaired) electrons. The molecule has 0 amide bonds. The van der Waals surface area contributed by atoms with Crippen molar-refractivity contribution in [2.45, 2.75) is 52.4 Å². The number of nitrogens with one attached hydrogen (secondary N) is 1. The van der Waals surface area contributed by atoms with Gasteiger partial charge < -0.3 is 5.32 Å². The Morgan fingerprint density at radius 3 is 2.00 bits per heavy atom. The van der Waals surface area contributed by atoms with E-state index in [-0.39, 0.29) is 0 Å². The first-order valence-corrected chi connectivity index (χ1v) is 8.08. The van der Waals surface area contributed by atoms with Gasteiger partial charge in [0.25, 0.3) is 0 Å². The molecule has 1 heteroatoms. The molecule has 0 saturated heterocycles. The summed E-state index contributed by atoms with van der Waals surface area (Å²) in [5.74, 6) is 0.793. The van der Waals surface area contributed by atoms with Crippen LogP contribution in [-0.2, 0) is 0 Å². The number of hydrogen-bond donors (Lipinski definition) is 1. The summed E-state index contributed by atoms with van der Waals surface area (Å²) >= 11 is 0. The molecule has 1 fully saturated rings. The number of hydrogen-bond acceptors (Lipinski definition) is 1. The van der Waals surface area contributed by atoms with Gasteiger partial charge in [-0.2, -0.15) is 0 Å². The Kier molecular flexibility index (Phi) is 4.01. The third-order valence-electron chi connectivity index (χ3n) is 4.68. The molecule has 0 spiro atoms. The number of benzene rings is 2. The summed E-state index contributed by atoms with van der Waals surface area (Å²) in [5, 5.41) is 3.59. The molecule has 2 aromatic rings. The highest BCUT2D eigenvalue weighted by molar-refractivity contribution is 5.67. The first-order chi connectivity index (χ1) is 10.1. The molecule has 1 aliphatic carbocycles. The van der Waals surface area contributed by atoms with Gasteiger partial charge in [0.1, 0.15) is 0 Å². The van der Waals surface area contributed by atoms with E-state index in [1.807, 2.05) is 0 Å². The van der Waals surface area contributed by atoms with Crippen LogP contribution in [0.25, 0.3) is 0 Å². The van der Waals surface area contributed by atoms with E-state index in [9.17, 15) is 0 Å². The quantitative estimate of drug-likeness (QED) is 0.725. The Bertz CT molecular complexity index is 596. The lowest BCUT2D eigenvalue weighted by Gasteiger charge is -2.15. The monoisotopic (exact) mass is 279 g/mol. The van der Waals surface area contributed by atoms with E-state index in [1.165, 1.54) is 59.3 Å². The van der Waals surface area contributed by atoms with E-state index < -0.39 is 0 Å². The summed E-state index contributed by atoms with van der Waals surface area (Å²) in [6.45, 7) is 6.50. The van der Waals surface area contributed by atoms with E-state index >= 15 is 0 Å². The van der Waals surface area contributed by atoms with Gasteiger partial charge in [-0.25, -0.2) is 0 Å². The van der Waals surface area contributed by atoms with Crippen LogP contribution in [0.15, 0.2) is 36.4 Å². The number of rotatable bonds is 3. The third kappa shape index (κ3) is 3.12. The smallest absolute Gasteiger partial charge is 0.0443 e. The average molecular weight is 279 g/mol. The van der Waals surface area contributed by atoms with Crippen LogP contribution in [0.2, 0.25) is 0 Å². The van der Waals surface area contributed by atoms with Crippen molar-refractivity contribution in [2.24, 2.45) is 0 Å². The van der Waals surface area contributed by atoms with Crippen molar-refractivity contribution in [1.82, 2.24) is 0 Å². The van der Waals surface area contributed by atoms with Crippen LogP contribution in [0.4, 0.5) is 11.4 Å². The van der Waals surface area contributed by atoms with Gasteiger partial charge in [0.05, 0.1) is 0 Å². The molecule has 0 bridgehead atoms. The van der Waals surface area contributed by atoms with Gasteiger partial charge in [-0.3, -0.25) is 0 Å². The number of aryl methyl sites for hydroxylation is 3. The largest absolute Gasteiger partial charge is 0.355 e. The molecule has 1 saturated carbocycles. The maximum Gasteiger partial charge on any atom is 0.0443 e. The molecule has 110 valence electrons. The molecule has 3 rings (SSSR count). The van der Waals surface area contributed by atoms with Crippen molar-refractivity contribution in [3.8, 4) is 0 Å². The lowest BCUT2D eigenvalue weighted by atomic mass is 9.97. The molecule has 1 nitrogen and oxygen atoms in total. The predicted octanol–water partition coefficient (Wildman–Crippen LogP) is 6.01. The first-order valence-electron chi connectivity index (χ1n) is 8.08. The van der Waals surface area contributed by atoms with Gasteiger partial charge in [0.2, 0.25) is 0 Å². The number of anilines is 2. The van der Waals surface area contributed by atoms with Crippen LogP contribution in [0.1, 0.15) is 53.9 Å². The molecule has 0 aromatic heterocycles. The highest BCUT2D eigenvalue weighted by Gasteiger charge is 2.16. The fraction of sp³-hybridized carbons (Fsp3) is 0.400. The van der Waals surface area contributed by atoms with Crippen molar-refractivity contribution >= 4 is 11.4 Å². The topological polar surface area (TPSA) is 12.0 Å². The maximum absolute atomic E-state index is 3.59. The molecule has 1 aliphatic rings. The fourth-order valence-corrected chi connectivity index (χ4v) is 3.62. The minimum Gasteiger partial charge on any atom is -0.355 e. The zero-order valence-electron chi connectivity index (χ0n) is 13.4. The Morgan fingerprint density at radius 2 is 1.43 bits per heavy atom. The lowest BCUT2D eigenvalue weighted by Crippen LogP contribution is -1.98. The first kappa shape index (κ1) is 14.2. The van der Waals surface area contributed by atoms with Gasteiger partial charge in [0, 0.05) is 11.4 Å². The molecule has 0 atom stereocenters. The van der Waals surface area contributed by atoms with Crippen LogP contribution in [0, 0.1) is 20.8 Å². The molecule has 0 heterocycles. The Balaban J connectivity index is 1.79. The van der Waals surface area contributed by atoms with Crippen LogP contribution in [-0.4, -0.2) is 0 Å². The van der Waals surface area contributed by atoms with Gasteiger partial charge in [-0.15, -0.1) is 0 Å². The van der Waals surface area contributed by atoms with E-state index in [0.717, 1.165) is 5.92 Å². The second-order valence-corrected chi connectivity index (χ2v) is 6.50. The van der Waals surface area contributed by atoms with Crippen molar-refractivity contribution in [3.63, 3.8) is 0 Å². The van der Waals surface area contributed by atoms with Crippen molar-refractivity contribution < 1.29 is 0 Å². The van der Waals surface area contributed by atoms with Crippen LogP contribution in [0.3, 0.4) is 0 Å². The van der Waals surface area contributed by atoms with Crippen molar-refractivity contribution in [1.29, 1.82) is 0 Å². The Morgan fingerprint density at radius 1 is 0.857 bits per heavy atom. The van der Waals surface area contributed by atoms with E-state index in [0.29, 0.717) is 0 Å². The second kappa shape index (κ2) is 5.93. The van der Waals surface area contributed by atoms with Crippen LogP contribution < -0.4 is 5.32 Å². The summed E-state index contributed by atoms with van der Waals surface area (Å²) in [4.78, 5) is 0. The maximum atomic E-state index is 3.59. The molecule has 0 aliphatic heterocycles. The highest BCUT2D eigenvalue weighted by Crippen LogP contribution is 2.35. The van der Waals surface area contributed by atoms with Gasteiger partial charge in [-0.1, -0.05) is 42.7 Å². The highest BCUT2D eigenvalue weighted by atomic mass is 14.9. The second-order valence-electron chi connectivity index (χ2n) is 6.50. The van der Waals surface area contributed by atoms with E-state index in [2.05, 4.69) is 62.5 Å². The normalized spacial score (nSPS) is 15.4. The molecule has 0 unspecified atom stereocenters. The van der Waals surface area contributed by atoms with Crippen LogP contribution >= 0.6 is 0 Å². The lowest BCUT2D eigenvalue weighted by molar-refractivity contribution is 0.723. The third-order valence-corrected chi connectivity index (χ3v) is 4.68. The zero-order chi connectivity index (χ0) is 14.8. The van der Waals surface area contributed by atoms with E-state index in [1.54, 1.807) is 0 Å². The Hall–Kier alpha value is -1.76. The summed E-state index contributed by atoms with van der Waals surface area (Å²) < 4.78 is 0. The molecular weight excluding hydrogens is 254 g/mol. The SMILES string of the molecule is Cc1cc(C)c(Nc2ccc(C3CCCC3)cc2)c(C)c1. The summed E-state index contributed by atoms with van der Waals surface area (Å²) in [7, 11) is 0. The molecule has 21 heavy (non-hydrogen) atoms. The fourth-order valence-electron chi connectivity index (χ4n) is 3.62. The predicted molar refractivity (Wildman–Crippen MR) is 91.6 cm³/mol. The van der Waals surface area contributed by atoms with Gasteiger partial charge in [-0.05, 0) is 68.4 Å². The van der Waals surface area contributed by atoms with Crippen molar-refractivity contribution in [2.75, 3.05) is 5.32 Å². The standard InChI is InChI=1S/C20H25N/c1-14-12-15(2)20(16(3)13-14)21-19-10-8-18(9-11-19)17-6-4-5-7-17/h8-13,17,21H,4-7H2,1-3H3. The molecule has 2 aromatic carbocycles. The molecule has 1 N–H and O–H groups in total. The summed E-state index contributed by atoms with van der Waals surface area (Å²) in [6, 6.07) is 13.5. The van der Waals surface area contributed by atoms with Crippen molar-refractivity contribution in [3.05, 3.63) is 58.7 Å². The minimum atomic E-state index is 0.793. The average Bonchev–Trinajstić information content (AvgIpc) is 2.97. The summed E-state index contributed by atoms with van der Waals surface area (Å²) in [5.41, 5.74) is 7.89. The molecular formula is C20H25N. The zero-order valence-corrected chi connectivity index (χ0v) is 13.4. The van der Waals surface area contributed by atoms with E-state index in [4.69, 9.17) is 0 Å². The van der Waals surface area contributed by atoms with Gasteiger partial charge >= 0.3 is 0 Å². The van der Waals surface area contributed by atoms with Crippen LogP contribution in [0.5, 0.6) is 0 Å². The van der Waals surface area contributed by atoms with Gasteiger partial charge in [0.15, 0.2) is 0 Å². The minimum absolute atomic E-state index is 0.793.